The van der Waals surface area contributed by atoms with Crippen molar-refractivity contribution in [2.24, 2.45) is 5.10 Å². The molecule has 162 valence electrons. The van der Waals surface area contributed by atoms with Gasteiger partial charge in [-0.2, -0.15) is 9.73 Å². The first kappa shape index (κ1) is 20.7. The number of carboxylic acids is 1. The number of hydrogen-bond donors (Lipinski definition) is 3. The van der Waals surface area contributed by atoms with Gasteiger partial charge in [0.2, 0.25) is 0 Å². The SMILES string of the molecule is Nc1nonc1-[n+]1[nH]nc(C(=O)NN=Cc2ccccc2OCC(=O)[O-])c1-c1cccs1. The second kappa shape index (κ2) is 9.05. The Morgan fingerprint density at radius 1 is 1.31 bits per heavy atom. The fourth-order valence-electron chi connectivity index (χ4n) is 2.68. The van der Waals surface area contributed by atoms with Gasteiger partial charge >= 0.3 is 11.7 Å². The number of aromatic amines is 1. The van der Waals surface area contributed by atoms with E-state index >= 15 is 0 Å². The van der Waals surface area contributed by atoms with Crippen LogP contribution >= 0.6 is 11.3 Å². The molecule has 32 heavy (non-hydrogen) atoms. The molecule has 0 bridgehead atoms. The minimum atomic E-state index is -1.36. The summed E-state index contributed by atoms with van der Waals surface area (Å²) in [6, 6.07) is 10.2. The van der Waals surface area contributed by atoms with Gasteiger partial charge in [-0.25, -0.2) is 5.43 Å². The first-order valence-corrected chi connectivity index (χ1v) is 9.80. The van der Waals surface area contributed by atoms with Crippen LogP contribution < -0.4 is 25.7 Å². The van der Waals surface area contributed by atoms with Crippen LogP contribution in [0, 0.1) is 0 Å². The van der Waals surface area contributed by atoms with Gasteiger partial charge in [-0.15, -0.1) is 21.2 Å². The second-order valence-electron chi connectivity index (χ2n) is 6.09. The summed E-state index contributed by atoms with van der Waals surface area (Å²) in [6.07, 6.45) is 1.31. The van der Waals surface area contributed by atoms with Gasteiger partial charge in [-0.1, -0.05) is 18.2 Å². The third-order valence-corrected chi connectivity index (χ3v) is 4.90. The molecule has 1 aromatic carbocycles. The molecular formula is C18H14N8O5S. The Morgan fingerprint density at radius 3 is 2.88 bits per heavy atom. The molecular weight excluding hydrogens is 440 g/mol. The number of para-hydroxylation sites is 1. The summed E-state index contributed by atoms with van der Waals surface area (Å²) in [5.74, 6) is -1.57. The summed E-state index contributed by atoms with van der Waals surface area (Å²) in [5.41, 5.74) is 9.01. The van der Waals surface area contributed by atoms with E-state index in [-0.39, 0.29) is 23.1 Å². The van der Waals surface area contributed by atoms with Gasteiger partial charge in [0.05, 0.1) is 17.1 Å². The number of carbonyl (C=O) groups is 2. The Morgan fingerprint density at radius 2 is 2.16 bits per heavy atom. The predicted octanol–water partition coefficient (Wildman–Crippen LogP) is -0.727. The van der Waals surface area contributed by atoms with Gasteiger partial charge in [-0.3, -0.25) is 4.79 Å². The van der Waals surface area contributed by atoms with E-state index in [9.17, 15) is 14.7 Å². The number of aliphatic carboxylic acids is 1. The van der Waals surface area contributed by atoms with E-state index in [1.54, 1.807) is 30.3 Å². The van der Waals surface area contributed by atoms with Crippen molar-refractivity contribution < 1.29 is 28.7 Å². The Hall–Kier alpha value is -4.59. The summed E-state index contributed by atoms with van der Waals surface area (Å²) >= 11 is 1.37. The molecule has 3 heterocycles. The third-order valence-electron chi connectivity index (χ3n) is 4.02. The number of hydrogen-bond acceptors (Lipinski definition) is 11. The van der Waals surface area contributed by atoms with E-state index in [0.717, 1.165) is 0 Å². The van der Waals surface area contributed by atoms with E-state index in [2.05, 4.69) is 35.8 Å². The Bertz CT molecular complexity index is 1280. The number of thiophene rings is 1. The number of carboxylic acid groups (broad SMARTS) is 1. The summed E-state index contributed by atoms with van der Waals surface area (Å²) < 4.78 is 11.2. The number of carbonyl (C=O) groups excluding carboxylic acids is 2. The normalized spacial score (nSPS) is 11.0. The van der Waals surface area contributed by atoms with Gasteiger partial charge < -0.3 is 20.4 Å². The molecule has 0 spiro atoms. The summed E-state index contributed by atoms with van der Waals surface area (Å²) in [4.78, 5) is 24.1. The van der Waals surface area contributed by atoms with E-state index in [1.807, 2.05) is 11.4 Å². The topological polar surface area (TPSA) is 188 Å². The number of rotatable bonds is 8. The molecule has 0 aliphatic carbocycles. The highest BCUT2D eigenvalue weighted by atomic mass is 32.1. The number of H-pyrrole nitrogens is 1. The van der Waals surface area contributed by atoms with Crippen LogP contribution in [0.5, 0.6) is 5.75 Å². The minimum Gasteiger partial charge on any atom is -0.546 e. The lowest BCUT2D eigenvalue weighted by Crippen LogP contribution is -2.36. The molecule has 0 unspecified atom stereocenters. The summed E-state index contributed by atoms with van der Waals surface area (Å²) in [7, 11) is 0. The fraction of sp³-hybridized carbons (Fsp3) is 0.0556. The zero-order chi connectivity index (χ0) is 22.5. The molecule has 14 heteroatoms. The van der Waals surface area contributed by atoms with Crippen LogP contribution in [0.2, 0.25) is 0 Å². The lowest BCUT2D eigenvalue weighted by Gasteiger charge is -2.08. The number of benzene rings is 1. The maximum atomic E-state index is 12.8. The number of nitrogens with one attached hydrogen (secondary N) is 2. The number of amides is 1. The quantitative estimate of drug-likeness (QED) is 0.175. The van der Waals surface area contributed by atoms with Crippen molar-refractivity contribution in [3.8, 4) is 22.1 Å². The zero-order valence-electron chi connectivity index (χ0n) is 16.1. The fourth-order valence-corrected chi connectivity index (χ4v) is 3.44. The molecule has 1 amide bonds. The molecule has 4 aromatic rings. The van der Waals surface area contributed by atoms with Gasteiger partial charge in [0, 0.05) is 5.56 Å². The van der Waals surface area contributed by atoms with Gasteiger partial charge in [-0.05, 0) is 33.8 Å². The molecule has 0 aliphatic heterocycles. The molecule has 4 N–H and O–H groups in total. The highest BCUT2D eigenvalue weighted by Gasteiger charge is 2.31. The number of aromatic nitrogens is 5. The molecule has 0 saturated heterocycles. The van der Waals surface area contributed by atoms with Gasteiger partial charge in [0.1, 0.15) is 17.5 Å². The minimum absolute atomic E-state index is 0.00889. The third kappa shape index (κ3) is 4.29. The van der Waals surface area contributed by atoms with Crippen molar-refractivity contribution >= 4 is 35.2 Å². The monoisotopic (exact) mass is 454 g/mol. The molecule has 0 aliphatic rings. The van der Waals surface area contributed by atoms with Crippen LogP contribution in [0.4, 0.5) is 5.82 Å². The average Bonchev–Trinajstić information content (AvgIpc) is 3.52. The van der Waals surface area contributed by atoms with Crippen molar-refractivity contribution in [2.45, 2.75) is 0 Å². The lowest BCUT2D eigenvalue weighted by atomic mass is 10.2. The molecule has 13 nitrogen and oxygen atoms in total. The maximum absolute atomic E-state index is 12.8. The van der Waals surface area contributed by atoms with E-state index in [1.165, 1.54) is 22.2 Å². The van der Waals surface area contributed by atoms with Crippen LogP contribution in [0.25, 0.3) is 16.4 Å². The predicted molar refractivity (Wildman–Crippen MR) is 108 cm³/mol. The summed E-state index contributed by atoms with van der Waals surface area (Å²) in [6.45, 7) is -0.616. The Kier molecular flexibility index (Phi) is 5.85. The van der Waals surface area contributed by atoms with E-state index in [0.29, 0.717) is 16.1 Å². The highest BCUT2D eigenvalue weighted by molar-refractivity contribution is 7.13. The van der Waals surface area contributed by atoms with Crippen molar-refractivity contribution in [1.29, 1.82) is 0 Å². The van der Waals surface area contributed by atoms with Crippen molar-refractivity contribution in [1.82, 2.24) is 26.1 Å². The number of hydrazone groups is 1. The largest absolute Gasteiger partial charge is 0.546 e. The lowest BCUT2D eigenvalue weighted by molar-refractivity contribution is -0.652. The number of nitrogens with zero attached hydrogens (tertiary/aromatic N) is 5. The number of nitrogens with two attached hydrogens (primary N) is 1. The highest BCUT2D eigenvalue weighted by Crippen LogP contribution is 2.25. The standard InChI is InChI=1S/C18H14N8O5S/c19-16-17(24-31-23-16)26-15(12-6-3-7-32-12)14(21-25-26)18(29)22-20-8-10-4-1-2-5-11(10)30-9-13(27)28/h1-8H,9H2,(H4,19,22,23,27,28,29). The zero-order valence-corrected chi connectivity index (χ0v) is 16.9. The smallest absolute Gasteiger partial charge is 0.377 e. The molecule has 0 fully saturated rings. The maximum Gasteiger partial charge on any atom is 0.377 e. The van der Waals surface area contributed by atoms with E-state index < -0.39 is 18.5 Å². The van der Waals surface area contributed by atoms with Crippen LogP contribution in [0.3, 0.4) is 0 Å². The number of anilines is 1. The first-order valence-electron chi connectivity index (χ1n) is 8.92. The average molecular weight is 454 g/mol. The van der Waals surface area contributed by atoms with Crippen molar-refractivity contribution in [2.75, 3.05) is 12.3 Å². The first-order chi connectivity index (χ1) is 15.5. The number of ether oxygens (including phenoxy) is 1. The van der Waals surface area contributed by atoms with Gasteiger partial charge in [0.15, 0.2) is 5.69 Å². The Balaban J connectivity index is 1.58. The Labute approximate surface area is 183 Å². The van der Waals surface area contributed by atoms with Crippen molar-refractivity contribution in [3.63, 3.8) is 0 Å². The van der Waals surface area contributed by atoms with Crippen LogP contribution in [0.1, 0.15) is 16.1 Å². The van der Waals surface area contributed by atoms with E-state index in [4.69, 9.17) is 10.5 Å². The van der Waals surface area contributed by atoms with Crippen molar-refractivity contribution in [3.05, 3.63) is 53.0 Å². The molecule has 0 saturated carbocycles. The number of nitrogen functional groups attached to an aromatic ring is 1. The summed E-state index contributed by atoms with van der Waals surface area (Å²) in [5, 5.41) is 30.4. The molecule has 3 aromatic heterocycles. The van der Waals surface area contributed by atoms with Crippen LogP contribution in [-0.2, 0) is 4.79 Å². The molecule has 0 radical (unpaired) electrons. The molecule has 0 atom stereocenters. The van der Waals surface area contributed by atoms with Gasteiger partial charge in [0.25, 0.3) is 11.5 Å². The second-order valence-corrected chi connectivity index (χ2v) is 7.04. The molecule has 4 rings (SSSR count). The van der Waals surface area contributed by atoms with Crippen LogP contribution in [0.15, 0.2) is 51.5 Å². The van der Waals surface area contributed by atoms with Crippen LogP contribution in [-0.4, -0.2) is 45.3 Å².